The average molecular weight is 524 g/mol. The van der Waals surface area contributed by atoms with Crippen LogP contribution in [0.4, 0.5) is 14.6 Å². The number of fused-ring (bicyclic) bond motifs is 1. The summed E-state index contributed by atoms with van der Waals surface area (Å²) < 4.78 is 35.2. The van der Waals surface area contributed by atoms with Gasteiger partial charge in [0.15, 0.2) is 17.4 Å². The van der Waals surface area contributed by atoms with Gasteiger partial charge in [-0.05, 0) is 19.2 Å². The lowest BCUT2D eigenvalue weighted by Crippen LogP contribution is -2.45. The fourth-order valence-electron chi connectivity index (χ4n) is 5.43. The van der Waals surface area contributed by atoms with Gasteiger partial charge >= 0.3 is 0 Å². The van der Waals surface area contributed by atoms with Crippen molar-refractivity contribution in [1.29, 1.82) is 0 Å². The normalized spacial score (nSPS) is 18.8. The summed E-state index contributed by atoms with van der Waals surface area (Å²) in [5.41, 5.74) is 3.40. The van der Waals surface area contributed by atoms with Crippen molar-refractivity contribution in [3.8, 4) is 17.0 Å². The number of piperidine rings is 1. The Morgan fingerprint density at radius 2 is 1.87 bits per heavy atom. The van der Waals surface area contributed by atoms with Gasteiger partial charge in [-0.15, -0.1) is 0 Å². The van der Waals surface area contributed by atoms with Gasteiger partial charge in [-0.1, -0.05) is 0 Å². The number of anilines is 1. The van der Waals surface area contributed by atoms with Crippen molar-refractivity contribution < 1.29 is 18.3 Å². The van der Waals surface area contributed by atoms with E-state index in [0.717, 1.165) is 47.6 Å². The molecule has 1 aromatic carbocycles. The number of aromatic nitrogens is 4. The largest absolute Gasteiger partial charge is 0.487 e. The zero-order chi connectivity index (χ0) is 26.4. The molecule has 2 fully saturated rings. The molecule has 3 aliphatic rings. The average Bonchev–Trinajstić information content (AvgIpc) is 3.37. The first kappa shape index (κ1) is 24.7. The third-order valence-corrected chi connectivity index (χ3v) is 7.66. The summed E-state index contributed by atoms with van der Waals surface area (Å²) in [6.07, 6.45) is 5.70. The van der Waals surface area contributed by atoms with Crippen LogP contribution in [0.3, 0.4) is 0 Å². The van der Waals surface area contributed by atoms with Crippen LogP contribution in [0.5, 0.6) is 5.75 Å². The Bertz CT molecular complexity index is 1350. The Morgan fingerprint density at radius 3 is 2.58 bits per heavy atom. The SMILES string of the molecule is CC(=O)N1CCc2nc(N3CCC(Oc4ccc(F)cc4F)CC3)c(-c3cnn(C4CN(C)C4)c3)nc2C1. The van der Waals surface area contributed by atoms with Gasteiger partial charge in [-0.3, -0.25) is 9.48 Å². The van der Waals surface area contributed by atoms with E-state index in [0.29, 0.717) is 51.5 Å². The van der Waals surface area contributed by atoms with Gasteiger partial charge in [0.2, 0.25) is 5.91 Å². The van der Waals surface area contributed by atoms with Gasteiger partial charge in [0, 0.05) is 76.7 Å². The van der Waals surface area contributed by atoms with Crippen molar-refractivity contribution in [3.63, 3.8) is 0 Å². The van der Waals surface area contributed by atoms with Gasteiger partial charge in [-0.25, -0.2) is 18.7 Å². The van der Waals surface area contributed by atoms with Crippen molar-refractivity contribution in [2.45, 2.75) is 44.9 Å². The maximum atomic E-state index is 14.1. The van der Waals surface area contributed by atoms with E-state index in [1.807, 2.05) is 17.1 Å². The highest BCUT2D eigenvalue weighted by Gasteiger charge is 2.30. The predicted octanol–water partition coefficient (Wildman–Crippen LogP) is 3.06. The summed E-state index contributed by atoms with van der Waals surface area (Å²) in [4.78, 5) is 28.4. The molecule has 0 N–H and O–H groups in total. The van der Waals surface area contributed by atoms with Crippen LogP contribution < -0.4 is 9.64 Å². The number of amides is 1. The van der Waals surface area contributed by atoms with E-state index in [-0.39, 0.29) is 17.8 Å². The molecule has 0 aliphatic carbocycles. The van der Waals surface area contributed by atoms with Crippen molar-refractivity contribution in [1.82, 2.24) is 29.5 Å². The van der Waals surface area contributed by atoms with Crippen LogP contribution in [0, 0.1) is 11.6 Å². The first-order chi connectivity index (χ1) is 18.3. The van der Waals surface area contributed by atoms with Gasteiger partial charge < -0.3 is 19.4 Å². The Labute approximate surface area is 220 Å². The number of carbonyl (C=O) groups is 1. The molecule has 0 bridgehead atoms. The first-order valence-corrected chi connectivity index (χ1v) is 13.1. The predicted molar refractivity (Wildman–Crippen MR) is 137 cm³/mol. The molecular weight excluding hydrogens is 492 g/mol. The van der Waals surface area contributed by atoms with E-state index < -0.39 is 11.6 Å². The molecule has 0 saturated carbocycles. The van der Waals surface area contributed by atoms with Crippen LogP contribution in [0.15, 0.2) is 30.6 Å². The highest BCUT2D eigenvalue weighted by Crippen LogP contribution is 2.34. The highest BCUT2D eigenvalue weighted by molar-refractivity contribution is 5.74. The van der Waals surface area contributed by atoms with Crippen LogP contribution in [-0.2, 0) is 17.8 Å². The fraction of sp³-hybridized carbons (Fsp3) is 0.481. The zero-order valence-corrected chi connectivity index (χ0v) is 21.6. The first-order valence-electron chi connectivity index (χ1n) is 13.1. The van der Waals surface area contributed by atoms with Crippen molar-refractivity contribution >= 4 is 11.7 Å². The van der Waals surface area contributed by atoms with E-state index in [4.69, 9.17) is 14.7 Å². The van der Waals surface area contributed by atoms with E-state index in [9.17, 15) is 13.6 Å². The number of likely N-dealkylation sites (N-methyl/N-ethyl adjacent to an activating group) is 1. The number of likely N-dealkylation sites (tertiary alicyclic amines) is 1. The van der Waals surface area contributed by atoms with Crippen LogP contribution in [0.25, 0.3) is 11.3 Å². The van der Waals surface area contributed by atoms with Crippen LogP contribution >= 0.6 is 0 Å². The number of hydrogen-bond donors (Lipinski definition) is 0. The second-order valence-electron chi connectivity index (χ2n) is 10.4. The molecule has 9 nitrogen and oxygen atoms in total. The number of ether oxygens (including phenoxy) is 1. The molecule has 5 heterocycles. The maximum absolute atomic E-state index is 14.1. The molecule has 2 saturated heterocycles. The van der Waals surface area contributed by atoms with Gasteiger partial charge in [-0.2, -0.15) is 5.10 Å². The van der Waals surface area contributed by atoms with Crippen molar-refractivity contribution in [2.24, 2.45) is 0 Å². The molecule has 2 aromatic heterocycles. The topological polar surface area (TPSA) is 79.6 Å². The minimum atomic E-state index is -0.690. The summed E-state index contributed by atoms with van der Waals surface area (Å²) in [7, 11) is 2.09. The molecule has 0 radical (unpaired) electrons. The van der Waals surface area contributed by atoms with E-state index in [2.05, 4.69) is 21.9 Å². The molecule has 3 aliphatic heterocycles. The number of hydrogen-bond acceptors (Lipinski definition) is 7. The van der Waals surface area contributed by atoms with Gasteiger partial charge in [0.25, 0.3) is 0 Å². The molecule has 0 spiro atoms. The molecule has 6 rings (SSSR count). The number of nitrogens with zero attached hydrogens (tertiary/aromatic N) is 7. The summed E-state index contributed by atoms with van der Waals surface area (Å²) in [5.74, 6) is -0.406. The molecule has 0 atom stereocenters. The third-order valence-electron chi connectivity index (χ3n) is 7.66. The van der Waals surface area contributed by atoms with Crippen LogP contribution in [0.1, 0.15) is 37.2 Å². The maximum Gasteiger partial charge on any atom is 0.219 e. The van der Waals surface area contributed by atoms with E-state index >= 15 is 0 Å². The minimum Gasteiger partial charge on any atom is -0.487 e. The second kappa shape index (κ2) is 9.94. The number of carbonyl (C=O) groups excluding carboxylic acids is 1. The van der Waals surface area contributed by atoms with Crippen molar-refractivity contribution in [2.75, 3.05) is 44.7 Å². The quantitative estimate of drug-likeness (QED) is 0.509. The Morgan fingerprint density at radius 1 is 1.08 bits per heavy atom. The third kappa shape index (κ3) is 4.82. The van der Waals surface area contributed by atoms with E-state index in [1.165, 1.54) is 12.1 Å². The van der Waals surface area contributed by atoms with Crippen LogP contribution in [0.2, 0.25) is 0 Å². The summed E-state index contributed by atoms with van der Waals surface area (Å²) in [6.45, 7) is 5.90. The molecule has 3 aromatic rings. The number of rotatable bonds is 5. The lowest BCUT2D eigenvalue weighted by atomic mass is 10.1. The smallest absolute Gasteiger partial charge is 0.219 e. The standard InChI is InChI=1S/C27H31F2N7O2/c1-17(37)35-10-7-23-24(16-35)31-26(18-12-30-36(13-18)20-14-33(2)15-20)27(32-23)34-8-5-21(6-9-34)38-25-4-3-19(28)11-22(25)29/h3-4,11-13,20-21H,5-10,14-16H2,1-2H3. The molecule has 1 amide bonds. The Hall–Kier alpha value is -3.60. The zero-order valence-electron chi connectivity index (χ0n) is 21.6. The second-order valence-corrected chi connectivity index (χ2v) is 10.4. The lowest BCUT2D eigenvalue weighted by molar-refractivity contribution is -0.129. The molecule has 38 heavy (non-hydrogen) atoms. The summed E-state index contributed by atoms with van der Waals surface area (Å²) in [5, 5.41) is 4.62. The Kier molecular flexibility index (Phi) is 6.46. The number of benzene rings is 1. The lowest BCUT2D eigenvalue weighted by Gasteiger charge is -2.36. The molecule has 11 heteroatoms. The molecule has 200 valence electrons. The van der Waals surface area contributed by atoms with Gasteiger partial charge in [0.1, 0.15) is 17.6 Å². The molecule has 0 unspecified atom stereocenters. The highest BCUT2D eigenvalue weighted by atomic mass is 19.1. The Balaban J connectivity index is 1.25. The summed E-state index contributed by atoms with van der Waals surface area (Å²) in [6, 6.07) is 3.73. The van der Waals surface area contributed by atoms with Crippen LogP contribution in [-0.4, -0.2) is 81.3 Å². The summed E-state index contributed by atoms with van der Waals surface area (Å²) >= 11 is 0. The van der Waals surface area contributed by atoms with Gasteiger partial charge in [0.05, 0.1) is 30.2 Å². The monoisotopic (exact) mass is 523 g/mol. The van der Waals surface area contributed by atoms with E-state index in [1.54, 1.807) is 11.8 Å². The fourth-order valence-corrected chi connectivity index (χ4v) is 5.43. The molecular formula is C27H31F2N7O2. The van der Waals surface area contributed by atoms with Crippen molar-refractivity contribution in [3.05, 3.63) is 53.6 Å². The minimum absolute atomic E-state index is 0.0321. The number of halogens is 2.